The third-order valence-electron chi connectivity index (χ3n) is 6.35. The Kier molecular flexibility index (Phi) is 5.20. The van der Waals surface area contributed by atoms with Crippen LogP contribution in [0.2, 0.25) is 0 Å². The molecule has 7 nitrogen and oxygen atoms in total. The fourth-order valence-corrected chi connectivity index (χ4v) is 5.48. The van der Waals surface area contributed by atoms with Crippen molar-refractivity contribution in [3.8, 4) is 0 Å². The van der Waals surface area contributed by atoms with Crippen molar-refractivity contribution in [2.24, 2.45) is 0 Å². The van der Waals surface area contributed by atoms with Gasteiger partial charge in [0, 0.05) is 36.0 Å². The molecule has 1 atom stereocenters. The van der Waals surface area contributed by atoms with Gasteiger partial charge in [-0.25, -0.2) is 9.50 Å². The van der Waals surface area contributed by atoms with Crippen LogP contribution in [0, 0.1) is 0 Å². The van der Waals surface area contributed by atoms with Crippen LogP contribution >= 0.6 is 11.3 Å². The molecule has 1 saturated heterocycles. The third-order valence-corrected chi connectivity index (χ3v) is 7.21. The molecule has 30 heavy (non-hydrogen) atoms. The summed E-state index contributed by atoms with van der Waals surface area (Å²) in [6.45, 7) is 4.89. The summed E-state index contributed by atoms with van der Waals surface area (Å²) in [6.07, 6.45) is 4.51. The van der Waals surface area contributed by atoms with E-state index in [-0.39, 0.29) is 17.5 Å². The zero-order chi connectivity index (χ0) is 20.7. The van der Waals surface area contributed by atoms with Crippen molar-refractivity contribution in [2.75, 3.05) is 13.1 Å². The predicted molar refractivity (Wildman–Crippen MR) is 117 cm³/mol. The first-order chi connectivity index (χ1) is 14.6. The Morgan fingerprint density at radius 2 is 2.23 bits per heavy atom. The fourth-order valence-electron chi connectivity index (χ4n) is 4.75. The van der Waals surface area contributed by atoms with Crippen LogP contribution in [0.1, 0.15) is 60.5 Å². The molecule has 2 aliphatic heterocycles. The van der Waals surface area contributed by atoms with Gasteiger partial charge in [-0.3, -0.25) is 19.6 Å². The molecule has 8 heteroatoms. The molecule has 0 saturated carbocycles. The minimum Gasteiger partial charge on any atom is -0.336 e. The number of amides is 1. The molecule has 1 N–H and O–H groups in total. The summed E-state index contributed by atoms with van der Waals surface area (Å²) in [5.41, 5.74) is 3.17. The van der Waals surface area contributed by atoms with Crippen molar-refractivity contribution < 1.29 is 4.79 Å². The van der Waals surface area contributed by atoms with Crippen molar-refractivity contribution in [3.05, 3.63) is 55.8 Å². The van der Waals surface area contributed by atoms with Gasteiger partial charge in [0.1, 0.15) is 0 Å². The third kappa shape index (κ3) is 3.48. The van der Waals surface area contributed by atoms with E-state index in [1.807, 2.05) is 17.9 Å². The number of piperidine rings is 1. The second-order valence-corrected chi connectivity index (χ2v) is 9.26. The number of H-pyrrole nitrogens is 1. The smallest absolute Gasteiger partial charge is 0.276 e. The Labute approximate surface area is 179 Å². The molecule has 5 heterocycles. The summed E-state index contributed by atoms with van der Waals surface area (Å²) in [5, 5.41) is 5.48. The fraction of sp³-hybridized carbons (Fsp3) is 0.500. The van der Waals surface area contributed by atoms with Crippen LogP contribution in [0.25, 0.3) is 5.65 Å². The van der Waals surface area contributed by atoms with Gasteiger partial charge in [0.15, 0.2) is 5.65 Å². The second kappa shape index (κ2) is 8.00. The zero-order valence-electron chi connectivity index (χ0n) is 17.3. The molecule has 0 spiro atoms. The van der Waals surface area contributed by atoms with Gasteiger partial charge in [0.05, 0.1) is 24.0 Å². The minimum absolute atomic E-state index is 0.0227. The summed E-state index contributed by atoms with van der Waals surface area (Å²) in [6, 6.07) is 6.57. The number of likely N-dealkylation sites (tertiary alicyclic amines) is 1. The Bertz CT molecular complexity index is 1120. The van der Waals surface area contributed by atoms with E-state index in [0.717, 1.165) is 36.5 Å². The van der Waals surface area contributed by atoms with Crippen LogP contribution in [0.15, 0.2) is 28.4 Å². The average molecular weight is 426 g/mol. The summed E-state index contributed by atoms with van der Waals surface area (Å²) < 4.78 is 1.60. The number of carbonyl (C=O) groups excluding carboxylic acids is 1. The molecule has 0 radical (unpaired) electrons. The second-order valence-electron chi connectivity index (χ2n) is 8.23. The summed E-state index contributed by atoms with van der Waals surface area (Å²) in [4.78, 5) is 35.7. The van der Waals surface area contributed by atoms with Crippen molar-refractivity contribution in [1.29, 1.82) is 0 Å². The lowest BCUT2D eigenvalue weighted by molar-refractivity contribution is -0.131. The number of nitrogens with zero attached hydrogens (tertiary/aromatic N) is 4. The zero-order valence-corrected chi connectivity index (χ0v) is 18.1. The van der Waals surface area contributed by atoms with E-state index >= 15 is 0 Å². The number of thiophene rings is 1. The summed E-state index contributed by atoms with van der Waals surface area (Å²) in [5.74, 6) is 0.115. The van der Waals surface area contributed by atoms with E-state index in [1.54, 1.807) is 15.9 Å². The lowest BCUT2D eigenvalue weighted by Gasteiger charge is -2.34. The lowest BCUT2D eigenvalue weighted by atomic mass is 9.99. The quantitative estimate of drug-likeness (QED) is 0.697. The number of hydrogen-bond acceptors (Lipinski definition) is 5. The molecule has 0 aliphatic carbocycles. The van der Waals surface area contributed by atoms with Crippen LogP contribution in [0.3, 0.4) is 0 Å². The number of aromatic nitrogens is 3. The predicted octanol–water partition coefficient (Wildman–Crippen LogP) is 3.11. The maximum atomic E-state index is 13.1. The monoisotopic (exact) mass is 425 g/mol. The van der Waals surface area contributed by atoms with Crippen molar-refractivity contribution in [3.63, 3.8) is 0 Å². The molecule has 1 fully saturated rings. The van der Waals surface area contributed by atoms with E-state index in [2.05, 4.69) is 27.5 Å². The van der Waals surface area contributed by atoms with Crippen LogP contribution in [-0.4, -0.2) is 43.4 Å². The molecule has 3 aromatic heterocycles. The van der Waals surface area contributed by atoms with Gasteiger partial charge in [-0.05, 0) is 37.3 Å². The van der Waals surface area contributed by atoms with Crippen LogP contribution < -0.4 is 5.56 Å². The highest BCUT2D eigenvalue weighted by molar-refractivity contribution is 7.09. The largest absolute Gasteiger partial charge is 0.336 e. The van der Waals surface area contributed by atoms with Gasteiger partial charge in [0.25, 0.3) is 5.56 Å². The first kappa shape index (κ1) is 19.5. The minimum atomic E-state index is -0.0227. The summed E-state index contributed by atoms with van der Waals surface area (Å²) in [7, 11) is 0. The average Bonchev–Trinajstić information content (AvgIpc) is 3.43. The molecule has 5 rings (SSSR count). The van der Waals surface area contributed by atoms with E-state index in [4.69, 9.17) is 4.98 Å². The highest BCUT2D eigenvalue weighted by Crippen LogP contribution is 2.32. The highest BCUT2D eigenvalue weighted by Gasteiger charge is 2.28. The molecular weight excluding hydrogens is 398 g/mol. The number of nitrogens with one attached hydrogen (secondary N) is 1. The molecule has 158 valence electrons. The van der Waals surface area contributed by atoms with E-state index in [0.29, 0.717) is 31.6 Å². The highest BCUT2D eigenvalue weighted by atomic mass is 32.1. The van der Waals surface area contributed by atoms with E-state index in [1.165, 1.54) is 17.7 Å². The van der Waals surface area contributed by atoms with Crippen molar-refractivity contribution in [2.45, 2.75) is 58.2 Å². The first-order valence-electron chi connectivity index (χ1n) is 10.8. The maximum Gasteiger partial charge on any atom is 0.276 e. The first-order valence-corrected chi connectivity index (χ1v) is 11.7. The van der Waals surface area contributed by atoms with Crippen LogP contribution in [0.4, 0.5) is 0 Å². The van der Waals surface area contributed by atoms with Crippen molar-refractivity contribution in [1.82, 2.24) is 24.4 Å². The van der Waals surface area contributed by atoms with Gasteiger partial charge in [-0.2, -0.15) is 0 Å². The molecule has 1 amide bonds. The lowest BCUT2D eigenvalue weighted by Crippen LogP contribution is -2.39. The topological polar surface area (TPSA) is 73.7 Å². The number of aromatic amines is 1. The number of carbonyl (C=O) groups is 1. The standard InChI is InChI=1S/C22H27N5O2S/c1-2-21(28)26-10-8-16-18(14-26)23-20-12-17(24-27(20)22(16)29)19-7-3-4-9-25(19)13-15-6-5-11-30-15/h5-6,11-12,19,24H,2-4,7-10,13-14H2,1H3/t19-/m0/s1. The van der Waals surface area contributed by atoms with E-state index < -0.39 is 0 Å². The Morgan fingerprint density at radius 1 is 1.33 bits per heavy atom. The van der Waals surface area contributed by atoms with Crippen LogP contribution in [-0.2, 0) is 24.3 Å². The Hall–Kier alpha value is -2.45. The van der Waals surface area contributed by atoms with Gasteiger partial charge >= 0.3 is 0 Å². The molecule has 3 aromatic rings. The Balaban J connectivity index is 1.48. The normalized spacial score (nSPS) is 19.9. The van der Waals surface area contributed by atoms with Gasteiger partial charge in [-0.1, -0.05) is 19.4 Å². The molecule has 2 aliphatic rings. The Morgan fingerprint density at radius 3 is 3.03 bits per heavy atom. The van der Waals surface area contributed by atoms with Gasteiger partial charge in [0.2, 0.25) is 5.91 Å². The van der Waals surface area contributed by atoms with Gasteiger partial charge < -0.3 is 4.90 Å². The summed E-state index contributed by atoms with van der Waals surface area (Å²) >= 11 is 1.79. The molecule has 0 aromatic carbocycles. The molecule has 0 bridgehead atoms. The number of rotatable bonds is 4. The van der Waals surface area contributed by atoms with Crippen molar-refractivity contribution >= 4 is 22.9 Å². The van der Waals surface area contributed by atoms with Gasteiger partial charge in [-0.15, -0.1) is 11.3 Å². The number of hydrogen-bond donors (Lipinski definition) is 1. The van der Waals surface area contributed by atoms with E-state index in [9.17, 15) is 9.59 Å². The SMILES string of the molecule is CCC(=O)N1CCc2c(nc3cc([C@@H]4CCCCN4Cc4cccs4)[nH]n3c2=O)C1. The molecular formula is C22H27N5O2S. The molecule has 0 unspecified atom stereocenters. The number of fused-ring (bicyclic) bond motifs is 2. The van der Waals surface area contributed by atoms with Crippen LogP contribution in [0.5, 0.6) is 0 Å². The maximum absolute atomic E-state index is 13.1.